The van der Waals surface area contributed by atoms with Crippen molar-refractivity contribution in [1.82, 2.24) is 10.0 Å². The third-order valence-electron chi connectivity index (χ3n) is 17.4. The number of carboxylic acids is 3. The van der Waals surface area contributed by atoms with Crippen molar-refractivity contribution < 1.29 is 176 Å². The molecule has 0 saturated carbocycles. The van der Waals surface area contributed by atoms with E-state index in [4.69, 9.17) is 122 Å². The van der Waals surface area contributed by atoms with Gasteiger partial charge in [0.25, 0.3) is 0 Å². The lowest BCUT2D eigenvalue weighted by Crippen LogP contribution is -2.22. The van der Waals surface area contributed by atoms with E-state index in [0.717, 1.165) is 160 Å². The van der Waals surface area contributed by atoms with Crippen LogP contribution in [0.2, 0.25) is 0 Å². The number of primary sulfonamides is 1. The lowest BCUT2D eigenvalue weighted by Gasteiger charge is -2.07. The number of rotatable bonds is 57. The summed E-state index contributed by atoms with van der Waals surface area (Å²) in [4.78, 5) is 49.7. The fourth-order valence-corrected chi connectivity index (χ4v) is 9.09. The highest BCUT2D eigenvalue weighted by molar-refractivity contribution is 7.89. The molecule has 0 aliphatic heterocycles. The molecule has 10 atom stereocenters. The second-order valence-corrected chi connectivity index (χ2v) is 34.9. The van der Waals surface area contributed by atoms with Crippen LogP contribution in [0.25, 0.3) is 0 Å². The van der Waals surface area contributed by atoms with Gasteiger partial charge in [0.1, 0.15) is 0 Å². The smallest absolute Gasteiger partial charge is 0.332 e. The normalized spacial score (nSPS) is 12.0. The van der Waals surface area contributed by atoms with E-state index < -0.39 is 68.5 Å². The van der Waals surface area contributed by atoms with Gasteiger partial charge in [-0.1, -0.05) is 225 Å². The first-order chi connectivity index (χ1) is 66.4. The first kappa shape index (κ1) is 178. The number of amides is 2. The molecule has 2 amide bonds. The predicted molar refractivity (Wildman–Crippen MR) is 567 cm³/mol. The summed E-state index contributed by atoms with van der Waals surface area (Å²) in [7, 11) is 4.73. The third-order valence-corrected chi connectivity index (χ3v) is 19.1. The number of aliphatic carboxylic acids is 3. The number of nitrogens with two attached hydrogens (primary N) is 2. The van der Waals surface area contributed by atoms with Gasteiger partial charge in [-0.25, -0.2) is 36.3 Å². The Kier molecular flexibility index (Phi) is 197. The standard InChI is InChI=1S/C7H16O2.C7H8.2C6H12O3.4C6H14O2.C5H11NO.6C5H12O2.C4H11NO2S.C4H9NO.C3H9NO2S.C3H6O2/c1-2-3-4-7(5-8)6-9;1-7-5-3-2-4-6-7;2*1-3-4-5(9-2)6(7)8;1-3-6(4-7)5-8-2;1-2-3-6(4-7)5-8;2*1-2-3-4-6(8)5-7;1-3-4-6-5(2)7;2*1-3-5(6)4-7-2;2*1-3-5(4-6)7-2;1-2-5(3-6)4-7;1-2-3-5(7)4-6;1-3-4-5-8(2,6)7;1-2-3-4(5)6;1-2-3-7(4,5)6;1-2-3(4)5/h7-9H,2-6H2,1H3;2-6H,1H3;2*5H,3-4H2,1-2H3,(H,7,8);6-7H,3-5H2,1-2H3;3*6-8H,2-5H2,1H3;3-4H2,1-2H3,(H,6,7);4*5-6H,3-4H2,1-2H3;2*5-7H,2-4H2,1H3;5H,3-4H2,1-2H3;2-3H2,1H3,(H2,5,6);2-3H2,1H3,(H2,4,5,6);2H2,1H3,(H,4,5)/t;;2*5-;;;2*6-;;4*5-;;5-;;;;/m..10..10.1010.1..../s1. The number of aryl methyl sites for hydroxylation is 1. The summed E-state index contributed by atoms with van der Waals surface area (Å²) in [5, 5.41) is 176. The summed E-state index contributed by atoms with van der Waals surface area (Å²) in [6.45, 7) is 42.5. The monoisotopic (exact) mass is 2110 g/mol. The molecule has 141 heavy (non-hydrogen) atoms. The average molecular weight is 2110 g/mol. The van der Waals surface area contributed by atoms with Gasteiger partial charge in [-0.05, 0) is 116 Å². The number of methoxy groups -OCH3 is 7. The van der Waals surface area contributed by atoms with Gasteiger partial charge >= 0.3 is 17.9 Å². The highest BCUT2D eigenvalue weighted by Crippen LogP contribution is 2.08. The Balaban J connectivity index is -0.0000000709. The van der Waals surface area contributed by atoms with Crippen LogP contribution < -0.4 is 20.9 Å². The molecule has 0 aliphatic carbocycles. The van der Waals surface area contributed by atoms with Crippen LogP contribution in [0.4, 0.5) is 0 Å². The van der Waals surface area contributed by atoms with Crippen molar-refractivity contribution in [2.75, 3.05) is 174 Å². The van der Waals surface area contributed by atoms with E-state index in [1.54, 1.807) is 49.4 Å². The van der Waals surface area contributed by atoms with Gasteiger partial charge in [0.15, 0.2) is 12.2 Å². The van der Waals surface area contributed by atoms with Gasteiger partial charge in [0.05, 0.1) is 108 Å². The Morgan fingerprint density at radius 3 is 0.787 bits per heavy atom. The number of unbranched alkanes of at least 4 members (excludes halogenated alkanes) is 3. The van der Waals surface area contributed by atoms with Crippen molar-refractivity contribution in [2.45, 2.75) is 380 Å². The van der Waals surface area contributed by atoms with Gasteiger partial charge in [0.2, 0.25) is 31.9 Å². The van der Waals surface area contributed by atoms with Crippen LogP contribution in [0.3, 0.4) is 0 Å². The van der Waals surface area contributed by atoms with E-state index >= 15 is 0 Å². The molecule has 40 nitrogen and oxygen atoms in total. The number of sulfonamides is 2. The quantitative estimate of drug-likeness (QED) is 0.0289. The molecule has 1 aromatic carbocycles. The Hall–Kier alpha value is -4.57. The van der Waals surface area contributed by atoms with E-state index in [1.807, 2.05) is 108 Å². The zero-order valence-corrected chi connectivity index (χ0v) is 94.7. The summed E-state index contributed by atoms with van der Waals surface area (Å²) in [5.74, 6) is -1.90. The van der Waals surface area contributed by atoms with Crippen LogP contribution in [0.15, 0.2) is 30.3 Å². The molecule has 0 heterocycles. The van der Waals surface area contributed by atoms with Crippen LogP contribution in [0.1, 0.15) is 323 Å². The molecular weight excluding hydrogens is 1890 g/mol. The van der Waals surface area contributed by atoms with E-state index in [9.17, 15) is 40.8 Å². The zero-order chi connectivity index (χ0) is 114. The maximum absolute atomic E-state index is 10.3. The number of carbonyl (C=O) groups excluding carboxylic acids is 2. The van der Waals surface area contributed by atoms with Gasteiger partial charge in [-0.2, -0.15) is 0 Å². The minimum atomic E-state index is -3.17. The average Bonchev–Trinajstić information content (AvgIpc) is 0.990. The number of aliphatic hydroxyl groups excluding tert-OH is 17. The first-order valence-corrected chi connectivity index (χ1v) is 53.5. The molecule has 1 aromatic rings. The highest BCUT2D eigenvalue weighted by atomic mass is 32.2. The van der Waals surface area contributed by atoms with Crippen molar-refractivity contribution in [3.63, 3.8) is 0 Å². The van der Waals surface area contributed by atoms with Crippen molar-refractivity contribution in [2.24, 2.45) is 34.5 Å². The topological polar surface area (TPSA) is 699 Å². The summed E-state index contributed by atoms with van der Waals surface area (Å²) >= 11 is 0. The fraction of sp³-hybridized carbons (Fsp3) is 0.889. The largest absolute Gasteiger partial charge is 0.481 e. The minimum absolute atomic E-state index is 0.0417. The molecule has 0 aromatic heterocycles. The Labute approximate surface area is 855 Å². The molecule has 26 N–H and O–H groups in total. The summed E-state index contributed by atoms with van der Waals surface area (Å²) < 4.78 is 75.9. The second kappa shape index (κ2) is 156. The van der Waals surface area contributed by atoms with E-state index in [1.165, 1.54) is 26.7 Å². The van der Waals surface area contributed by atoms with Crippen LogP contribution in [0.5, 0.6) is 0 Å². The fourth-order valence-electron chi connectivity index (χ4n) is 7.94. The predicted octanol–water partition coefficient (Wildman–Crippen LogP) is 9.31. The zero-order valence-electron chi connectivity index (χ0n) is 93.1. The second-order valence-electron chi connectivity index (χ2n) is 31.3. The van der Waals surface area contributed by atoms with Crippen molar-refractivity contribution in [3.8, 4) is 0 Å². The highest BCUT2D eigenvalue weighted by Gasteiger charge is 2.15. The molecule has 0 radical (unpaired) electrons. The third kappa shape index (κ3) is 213. The molecule has 0 bridgehead atoms. The van der Waals surface area contributed by atoms with Crippen molar-refractivity contribution in [1.29, 1.82) is 0 Å². The van der Waals surface area contributed by atoms with Crippen LogP contribution >= 0.6 is 0 Å². The van der Waals surface area contributed by atoms with E-state index in [2.05, 4.69) is 74.0 Å². The summed E-state index contributed by atoms with van der Waals surface area (Å²) in [6, 6.07) is 10.3. The molecule has 1 rings (SSSR count). The number of nitrogens with one attached hydrogen (secondary N) is 2. The Morgan fingerprint density at radius 1 is 0.362 bits per heavy atom. The van der Waals surface area contributed by atoms with Gasteiger partial charge in [-0.15, -0.1) is 0 Å². The molecule has 0 fully saturated rings. The molecule has 0 saturated heterocycles. The van der Waals surface area contributed by atoms with Crippen molar-refractivity contribution in [3.05, 3.63) is 35.9 Å². The number of ether oxygens (including phenoxy) is 7. The summed E-state index contributed by atoms with van der Waals surface area (Å²) in [6.07, 6.45) is 22.4. The molecule has 0 aliphatic rings. The maximum atomic E-state index is 10.3. The Morgan fingerprint density at radius 2 is 0.681 bits per heavy atom. The minimum Gasteiger partial charge on any atom is -0.481 e. The Bertz CT molecular complexity index is 2490. The van der Waals surface area contributed by atoms with Crippen molar-refractivity contribution >= 4 is 49.8 Å². The number of hydrogen-bond donors (Lipinski definition) is 24. The molecule has 866 valence electrons. The molecular formula is C99H222N4O36S2. The molecule has 0 spiro atoms. The van der Waals surface area contributed by atoms with Crippen LogP contribution in [-0.2, 0) is 77.2 Å². The number of aliphatic hydroxyl groups is 17. The van der Waals surface area contributed by atoms with Gasteiger partial charge < -0.3 is 146 Å². The number of carboxylic acid groups (broad SMARTS) is 3. The number of carbonyl (C=O) groups is 5. The summed E-state index contributed by atoms with van der Waals surface area (Å²) in [5.41, 5.74) is 6.09. The maximum Gasteiger partial charge on any atom is 0.332 e. The van der Waals surface area contributed by atoms with Crippen LogP contribution in [-0.4, -0.2) is 378 Å². The van der Waals surface area contributed by atoms with E-state index in [-0.39, 0.29) is 145 Å². The lowest BCUT2D eigenvalue weighted by atomic mass is 10.0. The van der Waals surface area contributed by atoms with Crippen LogP contribution in [0, 0.1) is 30.6 Å². The van der Waals surface area contributed by atoms with E-state index in [0.29, 0.717) is 64.4 Å². The van der Waals surface area contributed by atoms with Gasteiger partial charge in [0, 0.05) is 153 Å². The SMILES string of the molecule is CCC(=O)O.CCC(CO)CO.CCC(CO)COC.CCCC(CO)CO.CCCC(N)=O.CCCCC(CO)CO.CCCC[C@@H](O)CO.CCCC[C@H](O)CO.CCCNC(C)=O.CCCNS(C)(=O)=O.CCCS(N)(=O)=O.CCC[C@@H](O)CO.CCC[C@@H](OC)C(=O)O.CCC[C@H](OC)C(=O)O.CC[C@@H](CO)OC.CC[C@@H](O)COC.CC[C@H](CO)OC.CC[C@H](O)COC.Cc1ccccc1. The lowest BCUT2D eigenvalue weighted by molar-refractivity contribution is -0.149. The molecule has 42 heteroatoms. The number of primary amides is 1. The van der Waals surface area contributed by atoms with Gasteiger partial charge in [-0.3, -0.25) is 14.4 Å². The molecule has 1 unspecified atom stereocenters. The number of benzene rings is 1. The number of hydrogen-bond acceptors (Lipinski definition) is 33. The first-order valence-electron chi connectivity index (χ1n) is 49.8.